The zero-order valence-electron chi connectivity index (χ0n) is 23.3. The second kappa shape index (κ2) is 10.7. The van der Waals surface area contributed by atoms with E-state index < -0.39 is 68.5 Å². The van der Waals surface area contributed by atoms with Crippen molar-refractivity contribution in [3.63, 3.8) is 0 Å². The summed E-state index contributed by atoms with van der Waals surface area (Å²) in [5, 5.41) is 55.5. The fraction of sp³-hybridized carbons (Fsp3) is 0.188. The number of allylic oxidation sites excluding steroid dienone is 4. The van der Waals surface area contributed by atoms with Crippen molar-refractivity contribution in [1.82, 2.24) is 0 Å². The summed E-state index contributed by atoms with van der Waals surface area (Å²) in [6.45, 7) is 1.78. The van der Waals surface area contributed by atoms with Crippen LogP contribution >= 0.6 is 0 Å². The molecule has 0 saturated heterocycles. The Hall–Kier alpha value is -5.58. The first kappa shape index (κ1) is 28.9. The zero-order chi connectivity index (χ0) is 31.3. The van der Waals surface area contributed by atoms with Crippen molar-refractivity contribution >= 4 is 23.3 Å². The van der Waals surface area contributed by atoms with Crippen molar-refractivity contribution in [2.75, 3.05) is 14.2 Å². The number of esters is 1. The third kappa shape index (κ3) is 4.28. The fourth-order valence-corrected chi connectivity index (χ4v) is 5.73. The van der Waals surface area contributed by atoms with Gasteiger partial charge in [-0.3, -0.25) is 14.4 Å². The van der Waals surface area contributed by atoms with E-state index in [1.807, 2.05) is 0 Å². The van der Waals surface area contributed by atoms with Gasteiger partial charge in [0.15, 0.2) is 17.3 Å². The molecule has 0 bridgehead atoms. The minimum atomic E-state index is -1.08. The fourth-order valence-electron chi connectivity index (χ4n) is 5.73. The molecule has 0 saturated carbocycles. The first-order valence-corrected chi connectivity index (χ1v) is 13.1. The predicted octanol–water partition coefficient (Wildman–Crippen LogP) is 3.79. The summed E-state index contributed by atoms with van der Waals surface area (Å²) in [5.41, 5.74) is -2.54. The summed E-state index contributed by atoms with van der Waals surface area (Å²) >= 11 is 0. The van der Waals surface area contributed by atoms with E-state index in [0.29, 0.717) is 5.56 Å². The molecule has 0 aromatic heterocycles. The zero-order valence-corrected chi connectivity index (χ0v) is 23.3. The Kier molecular flexibility index (Phi) is 7.18. The molecule has 0 unspecified atom stereocenters. The van der Waals surface area contributed by atoms with Crippen molar-refractivity contribution < 1.29 is 54.2 Å². The van der Waals surface area contributed by atoms with E-state index in [4.69, 9.17) is 9.47 Å². The van der Waals surface area contributed by atoms with Crippen LogP contribution in [0.2, 0.25) is 0 Å². The summed E-state index contributed by atoms with van der Waals surface area (Å²) in [6.07, 6.45) is 6.14. The number of ketones is 3. The topological polar surface area (TPSA) is 188 Å². The van der Waals surface area contributed by atoms with Crippen molar-refractivity contribution in [3.8, 4) is 45.6 Å². The monoisotopic (exact) mass is 586 g/mol. The molecule has 0 spiro atoms. The molecule has 0 amide bonds. The number of methoxy groups -OCH3 is 2. The minimum absolute atomic E-state index is 0.00388. The van der Waals surface area contributed by atoms with Crippen LogP contribution in [0.15, 0.2) is 36.4 Å². The molecule has 3 aromatic carbocycles. The Morgan fingerprint density at radius 2 is 1.44 bits per heavy atom. The van der Waals surface area contributed by atoms with Gasteiger partial charge >= 0.3 is 5.97 Å². The first-order valence-electron chi connectivity index (χ1n) is 13.1. The Balaban J connectivity index is 1.77. The molecule has 220 valence electrons. The SMILES string of the molecule is C/C=C/C=C/C(=O)Cc1cc2c(c(O)c1C(=O)OC)-c1c(O)c3c(c(O)c1CC2)C(=O)c1c(O)c(OC)cc(O)c1C3=O. The number of phenolic OH excluding ortho intramolecular Hbond substituents is 5. The van der Waals surface area contributed by atoms with Crippen molar-refractivity contribution in [2.24, 2.45) is 0 Å². The van der Waals surface area contributed by atoms with Gasteiger partial charge in [0.1, 0.15) is 28.6 Å². The molecule has 0 aliphatic heterocycles. The largest absolute Gasteiger partial charge is 0.507 e. The highest BCUT2D eigenvalue weighted by Gasteiger charge is 2.43. The number of hydrogen-bond acceptors (Lipinski definition) is 11. The smallest absolute Gasteiger partial charge is 0.341 e. The summed E-state index contributed by atoms with van der Waals surface area (Å²) in [6, 6.07) is 2.44. The summed E-state index contributed by atoms with van der Waals surface area (Å²) in [5.74, 6) is -7.30. The lowest BCUT2D eigenvalue weighted by Gasteiger charge is -2.29. The van der Waals surface area contributed by atoms with Gasteiger partial charge in [-0.05, 0) is 37.0 Å². The molecule has 0 fully saturated rings. The molecule has 2 aliphatic carbocycles. The van der Waals surface area contributed by atoms with E-state index >= 15 is 0 Å². The molecular formula is C32H26O11. The molecule has 2 aliphatic rings. The molecule has 0 heterocycles. The molecule has 11 nitrogen and oxygen atoms in total. The van der Waals surface area contributed by atoms with Crippen LogP contribution in [-0.2, 0) is 28.8 Å². The van der Waals surface area contributed by atoms with E-state index in [-0.39, 0.29) is 58.6 Å². The Labute approximate surface area is 244 Å². The summed E-state index contributed by atoms with van der Waals surface area (Å²) in [4.78, 5) is 52.7. The Bertz CT molecular complexity index is 1840. The molecule has 0 atom stereocenters. The lowest BCUT2D eigenvalue weighted by molar-refractivity contribution is -0.114. The maximum absolute atomic E-state index is 13.7. The van der Waals surface area contributed by atoms with Gasteiger partial charge in [0, 0.05) is 29.2 Å². The van der Waals surface area contributed by atoms with Crippen LogP contribution in [0.4, 0.5) is 0 Å². The standard InChI is InChI=1S/C32H26O11/c1-4-5-6-7-15(33)11-14-10-13-8-9-16-21(19(13)28(37)20(14)32(41)43-3)29(38)25-24(26(16)35)31(40)23-22(30(25)39)17(34)12-18(42-2)27(23)36/h4-7,10,12,34-38H,8-9,11H2,1-3H3/b5-4+,7-6+. The van der Waals surface area contributed by atoms with Gasteiger partial charge in [0.2, 0.25) is 11.6 Å². The van der Waals surface area contributed by atoms with Crippen LogP contribution in [-0.4, -0.2) is 63.1 Å². The number of benzene rings is 3. The molecule has 11 heteroatoms. The van der Waals surface area contributed by atoms with Gasteiger partial charge in [0.25, 0.3) is 0 Å². The molecule has 43 heavy (non-hydrogen) atoms. The van der Waals surface area contributed by atoms with Crippen molar-refractivity contribution in [1.29, 1.82) is 0 Å². The van der Waals surface area contributed by atoms with Crippen LogP contribution in [0.25, 0.3) is 11.1 Å². The number of ether oxygens (including phenoxy) is 2. The van der Waals surface area contributed by atoms with Crippen LogP contribution in [0.5, 0.6) is 34.5 Å². The van der Waals surface area contributed by atoms with Crippen LogP contribution in [0.1, 0.15) is 65.8 Å². The number of carbonyl (C=O) groups excluding carboxylic acids is 4. The highest BCUT2D eigenvalue weighted by atomic mass is 16.5. The second-order valence-electron chi connectivity index (χ2n) is 9.97. The maximum Gasteiger partial charge on any atom is 0.341 e. The predicted molar refractivity (Wildman–Crippen MR) is 151 cm³/mol. The molecule has 5 rings (SSSR count). The van der Waals surface area contributed by atoms with Gasteiger partial charge in [-0.25, -0.2) is 4.79 Å². The first-order chi connectivity index (χ1) is 20.5. The van der Waals surface area contributed by atoms with Gasteiger partial charge in [-0.2, -0.15) is 0 Å². The Morgan fingerprint density at radius 1 is 0.791 bits per heavy atom. The number of rotatable bonds is 6. The molecule has 3 aromatic rings. The lowest BCUT2D eigenvalue weighted by Crippen LogP contribution is -2.24. The van der Waals surface area contributed by atoms with Gasteiger partial charge < -0.3 is 35.0 Å². The number of aryl methyl sites for hydroxylation is 1. The van der Waals surface area contributed by atoms with E-state index in [0.717, 1.165) is 13.2 Å². The van der Waals surface area contributed by atoms with Crippen LogP contribution in [0, 0.1) is 0 Å². The van der Waals surface area contributed by atoms with E-state index in [9.17, 15) is 44.7 Å². The third-order valence-electron chi connectivity index (χ3n) is 7.62. The molecule has 5 N–H and O–H groups in total. The minimum Gasteiger partial charge on any atom is -0.507 e. The number of carbonyl (C=O) groups is 4. The number of phenols is 5. The highest BCUT2D eigenvalue weighted by molar-refractivity contribution is 6.33. The second-order valence-corrected chi connectivity index (χ2v) is 9.97. The highest BCUT2D eigenvalue weighted by Crippen LogP contribution is 2.55. The van der Waals surface area contributed by atoms with Crippen LogP contribution in [0.3, 0.4) is 0 Å². The van der Waals surface area contributed by atoms with Gasteiger partial charge in [0.05, 0.1) is 36.5 Å². The van der Waals surface area contributed by atoms with Crippen molar-refractivity contribution in [2.45, 2.75) is 26.2 Å². The lowest BCUT2D eigenvalue weighted by atomic mass is 9.74. The average molecular weight is 587 g/mol. The summed E-state index contributed by atoms with van der Waals surface area (Å²) in [7, 11) is 2.27. The summed E-state index contributed by atoms with van der Waals surface area (Å²) < 4.78 is 9.84. The van der Waals surface area contributed by atoms with Crippen LogP contribution < -0.4 is 4.74 Å². The third-order valence-corrected chi connectivity index (χ3v) is 7.62. The molecular weight excluding hydrogens is 560 g/mol. The Morgan fingerprint density at radius 3 is 2.09 bits per heavy atom. The number of aromatic hydroxyl groups is 5. The van der Waals surface area contributed by atoms with Gasteiger partial charge in [-0.1, -0.05) is 24.3 Å². The van der Waals surface area contributed by atoms with Gasteiger partial charge in [-0.15, -0.1) is 0 Å². The van der Waals surface area contributed by atoms with Crippen molar-refractivity contribution in [3.05, 3.63) is 80.9 Å². The maximum atomic E-state index is 13.7. The number of hydrogen-bond donors (Lipinski definition) is 5. The number of fused-ring (bicyclic) bond motifs is 5. The quantitative estimate of drug-likeness (QED) is 0.0957. The molecule has 0 radical (unpaired) electrons. The average Bonchev–Trinajstić information content (AvgIpc) is 2.97. The normalized spacial score (nSPS) is 13.5. The van der Waals surface area contributed by atoms with E-state index in [1.165, 1.54) is 25.3 Å². The van der Waals surface area contributed by atoms with E-state index in [2.05, 4.69) is 0 Å². The van der Waals surface area contributed by atoms with E-state index in [1.54, 1.807) is 19.1 Å².